The van der Waals surface area contributed by atoms with E-state index in [2.05, 4.69) is 15.4 Å². The number of nitrogens with zero attached hydrogens (tertiary/aromatic N) is 2. The molecule has 1 rings (SSSR count). The second-order valence-corrected chi connectivity index (χ2v) is 0.660. The van der Waals surface area contributed by atoms with Gasteiger partial charge >= 0.3 is 23.1 Å². The van der Waals surface area contributed by atoms with Gasteiger partial charge in [0.2, 0.25) is 0 Å². The Hall–Kier alpha value is -0.0938. The average Bonchev–Trinajstić information content (AvgIpc) is 1.76. The van der Waals surface area contributed by atoms with Crippen LogP contribution in [-0.2, 0) is 0 Å². The van der Waals surface area contributed by atoms with Gasteiger partial charge in [0.1, 0.15) is 0 Å². The molecule has 0 saturated carbocycles. The third-order valence-corrected chi connectivity index (χ3v) is 0.331. The molecule has 0 bridgehead atoms. The van der Waals surface area contributed by atoms with Crippen molar-refractivity contribution in [2.75, 3.05) is 0 Å². The molecule has 0 spiro atoms. The van der Waals surface area contributed by atoms with E-state index in [4.69, 9.17) is 0 Å². The van der Waals surface area contributed by atoms with Gasteiger partial charge in [-0.25, -0.2) is 0 Å². The van der Waals surface area contributed by atoms with Crippen molar-refractivity contribution in [3.63, 3.8) is 0 Å². The minimum absolute atomic E-state index is 0. The molecule has 1 N–H and O–H groups in total. The van der Waals surface area contributed by atoms with Crippen molar-refractivity contribution >= 4 is 23.1 Å². The molecule has 0 radical (unpaired) electrons. The van der Waals surface area contributed by atoms with Crippen molar-refractivity contribution in [1.82, 2.24) is 15.4 Å². The molecule has 1 aromatic rings. The maximum Gasteiger partial charge on any atom is 0.316 e. The summed E-state index contributed by atoms with van der Waals surface area (Å²) in [5, 5.41) is 9.26. The molecule has 0 fully saturated rings. The molecule has 6 heavy (non-hydrogen) atoms. The highest BCUT2D eigenvalue weighted by Crippen LogP contribution is 1.55. The lowest BCUT2D eigenvalue weighted by Gasteiger charge is -1.46. The van der Waals surface area contributed by atoms with Gasteiger partial charge in [0.15, 0.2) is 0 Å². The maximum absolute atomic E-state index is 3.42. The van der Waals surface area contributed by atoms with E-state index in [1.54, 1.807) is 12.4 Å². The molecule has 0 aromatic carbocycles. The van der Waals surface area contributed by atoms with Crippen molar-refractivity contribution in [3.05, 3.63) is 12.4 Å². The molecule has 4 heteroatoms. The minimum Gasteiger partial charge on any atom is -0.266 e. The molecule has 0 saturated heterocycles. The Morgan fingerprint density at radius 2 is 2.33 bits per heavy atom. The van der Waals surface area contributed by atoms with Crippen LogP contribution in [0.4, 0.5) is 0 Å². The van der Waals surface area contributed by atoms with Crippen LogP contribution in [0.5, 0.6) is 0 Å². The van der Waals surface area contributed by atoms with Gasteiger partial charge in [0.25, 0.3) is 0 Å². The van der Waals surface area contributed by atoms with Crippen molar-refractivity contribution < 1.29 is 0 Å². The van der Waals surface area contributed by atoms with Crippen LogP contribution in [-0.4, -0.2) is 38.5 Å². The second kappa shape index (κ2) is 3.11. The lowest BCUT2D eigenvalue weighted by molar-refractivity contribution is 0.940. The Balaban J connectivity index is 0.000000250. The van der Waals surface area contributed by atoms with Crippen LogP contribution in [0.15, 0.2) is 12.4 Å². The first-order valence-corrected chi connectivity index (χ1v) is 1.30. The molecule has 0 aliphatic rings. The number of H-pyrrole nitrogens is 1. The van der Waals surface area contributed by atoms with Crippen LogP contribution < -0.4 is 0 Å². The highest BCUT2D eigenvalue weighted by molar-refractivity contribution is 5.75. The maximum atomic E-state index is 3.42. The van der Waals surface area contributed by atoms with Crippen molar-refractivity contribution in [1.29, 1.82) is 0 Å². The summed E-state index contributed by atoms with van der Waals surface area (Å²) >= 11 is 0. The summed E-state index contributed by atoms with van der Waals surface area (Å²) in [7, 11) is 0. The highest BCUT2D eigenvalue weighted by atomic mass is 24.3. The molecular weight excluding hydrogens is 90.3 g/mol. The van der Waals surface area contributed by atoms with E-state index >= 15 is 0 Å². The Labute approximate surface area is 51.3 Å². The number of hydrogen-bond donors (Lipinski definition) is 1. The van der Waals surface area contributed by atoms with Gasteiger partial charge in [-0.3, -0.25) is 5.10 Å². The van der Waals surface area contributed by atoms with Crippen molar-refractivity contribution in [2.24, 2.45) is 0 Å². The first kappa shape index (κ1) is 5.91. The van der Waals surface area contributed by atoms with Gasteiger partial charge in [-0.15, -0.1) is 5.10 Å². The Bertz CT molecular complexity index is 65.3. The Kier molecular flexibility index (Phi) is 3.06. The molecule has 1 aromatic heterocycles. The first-order valence-electron chi connectivity index (χ1n) is 1.30. The fourth-order valence-corrected chi connectivity index (χ4v) is 0.167. The topological polar surface area (TPSA) is 41.6 Å². The van der Waals surface area contributed by atoms with E-state index in [-0.39, 0.29) is 23.1 Å². The van der Waals surface area contributed by atoms with Crippen LogP contribution in [0.2, 0.25) is 0 Å². The predicted molar refractivity (Wildman–Crippen MR) is 24.9 cm³/mol. The smallest absolute Gasteiger partial charge is 0.266 e. The Morgan fingerprint density at radius 3 is 2.50 bits per heavy atom. The molecule has 1 heterocycles. The lowest BCUT2D eigenvalue weighted by Crippen LogP contribution is -1.61. The van der Waals surface area contributed by atoms with E-state index < -0.39 is 0 Å². The van der Waals surface area contributed by atoms with Crippen LogP contribution >= 0.6 is 0 Å². The van der Waals surface area contributed by atoms with E-state index in [1.807, 2.05) is 0 Å². The zero-order valence-corrected chi connectivity index (χ0v) is 2.55. The zero-order chi connectivity index (χ0) is 3.54. The molecule has 0 aliphatic carbocycles. The summed E-state index contributed by atoms with van der Waals surface area (Å²) in [6.45, 7) is 0. The van der Waals surface area contributed by atoms with Crippen LogP contribution in [0.3, 0.4) is 0 Å². The summed E-state index contributed by atoms with van der Waals surface area (Å²) < 4.78 is 0. The summed E-state index contributed by atoms with van der Waals surface area (Å²) in [6, 6.07) is 0. The summed E-state index contributed by atoms with van der Waals surface area (Å²) in [5.74, 6) is 0. The zero-order valence-electron chi connectivity index (χ0n) is 2.55. The number of aromatic amines is 1. The normalized spacial score (nSPS) is 6.67. The second-order valence-electron chi connectivity index (χ2n) is 0.660. The molecule has 0 amide bonds. The third-order valence-electron chi connectivity index (χ3n) is 0.331. The van der Waals surface area contributed by atoms with Crippen LogP contribution in [0, 0.1) is 0 Å². The number of hydrogen-bond acceptors (Lipinski definition) is 2. The van der Waals surface area contributed by atoms with Crippen molar-refractivity contribution in [3.8, 4) is 0 Å². The summed E-state index contributed by atoms with van der Waals surface area (Å²) in [4.78, 5) is 0. The van der Waals surface area contributed by atoms with Gasteiger partial charge in [-0.2, -0.15) is 0 Å². The van der Waals surface area contributed by atoms with Crippen LogP contribution in [0.25, 0.3) is 0 Å². The third kappa shape index (κ3) is 1.37. The monoisotopic (exact) mass is 95.0 g/mol. The number of aromatic nitrogens is 3. The molecule has 30 valence electrons. The van der Waals surface area contributed by atoms with E-state index in [0.717, 1.165) is 0 Å². The molecule has 0 unspecified atom stereocenters. The fraction of sp³-hybridized carbons (Fsp3) is 0. The molecule has 0 atom stereocenters. The first-order chi connectivity index (χ1) is 2.50. The molecular formula is C2H5MgN3. The SMILES string of the molecule is [MgH2].c1c[nH]nn1. The van der Waals surface area contributed by atoms with E-state index in [9.17, 15) is 0 Å². The standard InChI is InChI=1S/C2H3N3.Mg.2H/c1-2-4-5-3-1;;;/h1-2H,(H,3,4,5);;;. The fourth-order valence-electron chi connectivity index (χ4n) is 0.167. The van der Waals surface area contributed by atoms with E-state index in [1.165, 1.54) is 0 Å². The van der Waals surface area contributed by atoms with Gasteiger partial charge in [0, 0.05) is 6.20 Å². The van der Waals surface area contributed by atoms with Gasteiger partial charge < -0.3 is 0 Å². The molecule has 3 nitrogen and oxygen atoms in total. The number of nitrogens with one attached hydrogen (secondary N) is 1. The number of rotatable bonds is 0. The average molecular weight is 95.4 g/mol. The summed E-state index contributed by atoms with van der Waals surface area (Å²) in [5.41, 5.74) is 0. The lowest BCUT2D eigenvalue weighted by atomic mass is 11.0. The predicted octanol–water partition coefficient (Wildman–Crippen LogP) is -1.11. The van der Waals surface area contributed by atoms with E-state index in [0.29, 0.717) is 0 Å². The van der Waals surface area contributed by atoms with Crippen molar-refractivity contribution in [2.45, 2.75) is 0 Å². The largest absolute Gasteiger partial charge is 0.316 e. The minimum atomic E-state index is 0. The van der Waals surface area contributed by atoms with Gasteiger partial charge in [0.05, 0.1) is 6.20 Å². The van der Waals surface area contributed by atoms with Crippen LogP contribution in [0.1, 0.15) is 0 Å². The van der Waals surface area contributed by atoms with Gasteiger partial charge in [-0.05, 0) is 0 Å². The summed E-state index contributed by atoms with van der Waals surface area (Å²) in [6.07, 6.45) is 3.24. The van der Waals surface area contributed by atoms with Gasteiger partial charge in [-0.1, -0.05) is 5.21 Å². The highest BCUT2D eigenvalue weighted by Gasteiger charge is 1.57. The quantitative estimate of drug-likeness (QED) is 0.415. The molecule has 0 aliphatic heterocycles. The Morgan fingerprint density at radius 1 is 1.50 bits per heavy atom.